The van der Waals surface area contributed by atoms with E-state index in [9.17, 15) is 14.7 Å². The molecule has 3 aliphatic heterocycles. The molecule has 0 radical (unpaired) electrons. The van der Waals surface area contributed by atoms with Crippen LogP contribution in [0.4, 0.5) is 0 Å². The molecule has 1 atom stereocenters. The van der Waals surface area contributed by atoms with Crippen LogP contribution >= 0.6 is 0 Å². The van der Waals surface area contributed by atoms with Gasteiger partial charge in [0, 0.05) is 11.1 Å². The number of aliphatic hydroxyl groups is 1. The number of rotatable bonds is 1. The summed E-state index contributed by atoms with van der Waals surface area (Å²) in [5.74, 6) is 0.619. The molecule has 0 bridgehead atoms. The highest BCUT2D eigenvalue weighted by Crippen LogP contribution is 2.46. The van der Waals surface area contributed by atoms with Gasteiger partial charge in [0.15, 0.2) is 5.60 Å². The number of ether oxygens (including phenoxy) is 3. The average molecular weight is 392 g/mol. The van der Waals surface area contributed by atoms with Gasteiger partial charge in [0.25, 0.3) is 5.56 Å². The van der Waals surface area contributed by atoms with Crippen molar-refractivity contribution in [3.05, 3.63) is 51.3 Å². The summed E-state index contributed by atoms with van der Waals surface area (Å²) < 4.78 is 18.1. The largest absolute Gasteiger partial charge is 0.458 e. The molecule has 146 valence electrons. The number of hydrogen-bond acceptors (Lipinski definition) is 7. The second-order valence-electron chi connectivity index (χ2n) is 7.43. The van der Waals surface area contributed by atoms with E-state index in [4.69, 9.17) is 19.2 Å². The molecule has 2 aromatic heterocycles. The number of carbonyl (C=O) groups excluding carboxylic acids is 1. The first-order valence-electron chi connectivity index (χ1n) is 9.41. The SMILES string of the molecule is CCC1(O)C(=O)OCc2c1cc1n(c2=O)Cc2c-1nc1cccc3c1c2OCO3. The number of hydrogen-bond donors (Lipinski definition) is 1. The summed E-state index contributed by atoms with van der Waals surface area (Å²) in [6.45, 7) is 1.91. The molecule has 8 heteroatoms. The number of cyclic esters (lactones) is 1. The summed E-state index contributed by atoms with van der Waals surface area (Å²) in [6.07, 6.45) is 0.106. The zero-order valence-electron chi connectivity index (χ0n) is 15.5. The zero-order valence-corrected chi connectivity index (χ0v) is 15.5. The molecule has 8 nitrogen and oxygen atoms in total. The fourth-order valence-electron chi connectivity index (χ4n) is 4.49. The lowest BCUT2D eigenvalue weighted by Gasteiger charge is -2.31. The minimum atomic E-state index is -1.84. The summed E-state index contributed by atoms with van der Waals surface area (Å²) in [5, 5.41) is 11.7. The zero-order chi connectivity index (χ0) is 19.9. The quantitative estimate of drug-likeness (QED) is 0.493. The van der Waals surface area contributed by atoms with Crippen molar-refractivity contribution in [2.24, 2.45) is 0 Å². The molecule has 0 fully saturated rings. The molecule has 6 rings (SSSR count). The first kappa shape index (κ1) is 16.6. The predicted molar refractivity (Wildman–Crippen MR) is 101 cm³/mol. The van der Waals surface area contributed by atoms with Crippen molar-refractivity contribution in [1.29, 1.82) is 0 Å². The van der Waals surface area contributed by atoms with Gasteiger partial charge in [-0.2, -0.15) is 0 Å². The Balaban J connectivity index is 1.68. The summed E-state index contributed by atoms with van der Waals surface area (Å²) in [7, 11) is 0. The van der Waals surface area contributed by atoms with E-state index in [1.54, 1.807) is 17.6 Å². The van der Waals surface area contributed by atoms with E-state index in [2.05, 4.69) is 0 Å². The Morgan fingerprint density at radius 2 is 2.07 bits per heavy atom. The van der Waals surface area contributed by atoms with Crippen LogP contribution in [0.25, 0.3) is 22.3 Å². The molecular weight excluding hydrogens is 376 g/mol. The van der Waals surface area contributed by atoms with E-state index in [-0.39, 0.29) is 25.4 Å². The minimum absolute atomic E-state index is 0.0856. The number of pyridine rings is 2. The molecule has 0 saturated heterocycles. The second-order valence-corrected chi connectivity index (χ2v) is 7.43. The molecule has 0 amide bonds. The molecule has 1 unspecified atom stereocenters. The van der Waals surface area contributed by atoms with Crippen LogP contribution in [0.3, 0.4) is 0 Å². The van der Waals surface area contributed by atoms with Gasteiger partial charge in [-0.25, -0.2) is 9.78 Å². The molecule has 3 aromatic rings. The van der Waals surface area contributed by atoms with Crippen LogP contribution < -0.4 is 15.0 Å². The maximum atomic E-state index is 13.2. The van der Waals surface area contributed by atoms with E-state index < -0.39 is 11.6 Å². The van der Waals surface area contributed by atoms with Gasteiger partial charge in [-0.3, -0.25) is 4.79 Å². The highest BCUT2D eigenvalue weighted by Gasteiger charge is 2.45. The maximum Gasteiger partial charge on any atom is 0.343 e. The second kappa shape index (κ2) is 5.36. The lowest BCUT2D eigenvalue weighted by Crippen LogP contribution is -2.44. The van der Waals surface area contributed by atoms with Gasteiger partial charge in [0.1, 0.15) is 18.1 Å². The fourth-order valence-corrected chi connectivity index (χ4v) is 4.49. The molecular formula is C21H16N2O6. The maximum absolute atomic E-state index is 13.2. The lowest BCUT2D eigenvalue weighted by atomic mass is 9.86. The highest BCUT2D eigenvalue weighted by molar-refractivity contribution is 5.96. The Kier molecular flexibility index (Phi) is 3.06. The molecule has 5 heterocycles. The summed E-state index contributed by atoms with van der Waals surface area (Å²) in [5.41, 5.74) is 1.13. The standard InChI is InChI=1S/C21H16N2O6/c1-2-21(26)12-6-14-17-10(7-23(14)19(24)11(12)8-27-20(21)25)18-16-13(22-17)4-3-5-15(16)28-9-29-18/h3-6,26H,2,7-9H2,1H3. The van der Waals surface area contributed by atoms with Gasteiger partial charge in [0.2, 0.25) is 6.79 Å². The Hall–Kier alpha value is -3.39. The van der Waals surface area contributed by atoms with Gasteiger partial charge in [-0.05, 0) is 24.6 Å². The van der Waals surface area contributed by atoms with E-state index in [0.29, 0.717) is 46.1 Å². The first-order chi connectivity index (χ1) is 14.0. The third-order valence-electron chi connectivity index (χ3n) is 6.04. The summed E-state index contributed by atoms with van der Waals surface area (Å²) in [4.78, 5) is 30.2. The number of aromatic nitrogens is 2. The molecule has 1 aromatic carbocycles. The van der Waals surface area contributed by atoms with Gasteiger partial charge in [0.05, 0.1) is 34.4 Å². The van der Waals surface area contributed by atoms with Crippen molar-refractivity contribution in [1.82, 2.24) is 9.55 Å². The van der Waals surface area contributed by atoms with Crippen molar-refractivity contribution in [3.63, 3.8) is 0 Å². The Morgan fingerprint density at radius 1 is 1.21 bits per heavy atom. The molecule has 3 aliphatic rings. The number of nitrogens with zero attached hydrogens (tertiary/aromatic N) is 2. The number of carbonyl (C=O) groups is 1. The lowest BCUT2D eigenvalue weighted by molar-refractivity contribution is -0.172. The van der Waals surface area contributed by atoms with Gasteiger partial charge in [-0.1, -0.05) is 13.0 Å². The molecule has 29 heavy (non-hydrogen) atoms. The van der Waals surface area contributed by atoms with Crippen LogP contribution in [0.5, 0.6) is 11.5 Å². The van der Waals surface area contributed by atoms with Crippen LogP contribution in [0.1, 0.15) is 30.0 Å². The van der Waals surface area contributed by atoms with Crippen LogP contribution in [0, 0.1) is 0 Å². The van der Waals surface area contributed by atoms with E-state index in [1.165, 1.54) is 0 Å². The topological polar surface area (TPSA) is 99.9 Å². The summed E-state index contributed by atoms with van der Waals surface area (Å²) in [6, 6.07) is 7.27. The third kappa shape index (κ3) is 1.94. The van der Waals surface area contributed by atoms with Crippen LogP contribution in [-0.2, 0) is 28.3 Å². The van der Waals surface area contributed by atoms with Crippen molar-refractivity contribution in [2.45, 2.75) is 32.1 Å². The third-order valence-corrected chi connectivity index (χ3v) is 6.04. The normalized spacial score (nSPS) is 21.0. The van der Waals surface area contributed by atoms with Crippen LogP contribution in [-0.4, -0.2) is 27.4 Å². The molecule has 1 N–H and O–H groups in total. The Bertz CT molecular complexity index is 1310. The smallest absolute Gasteiger partial charge is 0.343 e. The highest BCUT2D eigenvalue weighted by atomic mass is 16.7. The van der Waals surface area contributed by atoms with Crippen molar-refractivity contribution >= 4 is 16.9 Å². The molecule has 0 spiro atoms. The van der Waals surface area contributed by atoms with Crippen LogP contribution in [0.15, 0.2) is 29.1 Å². The van der Waals surface area contributed by atoms with E-state index in [0.717, 1.165) is 10.9 Å². The first-order valence-corrected chi connectivity index (χ1v) is 9.41. The van der Waals surface area contributed by atoms with Crippen molar-refractivity contribution < 1.29 is 24.1 Å². The number of fused-ring (bicyclic) bond motifs is 5. The average Bonchev–Trinajstić information content (AvgIpc) is 3.11. The number of benzene rings is 1. The minimum Gasteiger partial charge on any atom is -0.458 e. The van der Waals surface area contributed by atoms with Gasteiger partial charge in [-0.15, -0.1) is 0 Å². The Labute approximate surface area is 164 Å². The van der Waals surface area contributed by atoms with Crippen molar-refractivity contribution in [2.75, 3.05) is 6.79 Å². The van der Waals surface area contributed by atoms with Gasteiger partial charge < -0.3 is 23.9 Å². The van der Waals surface area contributed by atoms with E-state index in [1.807, 2.05) is 18.2 Å². The number of esters is 1. The Morgan fingerprint density at radius 3 is 2.90 bits per heavy atom. The van der Waals surface area contributed by atoms with Crippen LogP contribution in [0.2, 0.25) is 0 Å². The molecule has 0 aliphatic carbocycles. The predicted octanol–water partition coefficient (Wildman–Crippen LogP) is 1.81. The fraction of sp³-hybridized carbons (Fsp3) is 0.286. The monoisotopic (exact) mass is 392 g/mol. The summed E-state index contributed by atoms with van der Waals surface area (Å²) >= 11 is 0. The van der Waals surface area contributed by atoms with Crippen molar-refractivity contribution in [3.8, 4) is 22.9 Å². The van der Waals surface area contributed by atoms with E-state index >= 15 is 0 Å². The van der Waals surface area contributed by atoms with Gasteiger partial charge >= 0.3 is 5.97 Å². The molecule has 0 saturated carbocycles.